The summed E-state index contributed by atoms with van der Waals surface area (Å²) in [6.07, 6.45) is -0.476. The zero-order chi connectivity index (χ0) is 18.8. The summed E-state index contributed by atoms with van der Waals surface area (Å²) in [5, 5.41) is 12.2. The molecular formula is C20H16ClO5-. The van der Waals surface area contributed by atoms with Crippen LogP contribution in [0.4, 0.5) is 0 Å². The van der Waals surface area contributed by atoms with Gasteiger partial charge in [0.05, 0.1) is 0 Å². The van der Waals surface area contributed by atoms with Crippen molar-refractivity contribution in [2.45, 2.75) is 26.9 Å². The maximum atomic E-state index is 12.2. The molecule has 0 atom stereocenters. The molecule has 1 aromatic heterocycles. The minimum Gasteiger partial charge on any atom is -0.550 e. The Hall–Kier alpha value is -2.79. The number of hydrogen-bond acceptors (Lipinski definition) is 5. The summed E-state index contributed by atoms with van der Waals surface area (Å²) >= 11 is 5.97. The van der Waals surface area contributed by atoms with Gasteiger partial charge in [-0.05, 0) is 49.2 Å². The molecule has 134 valence electrons. The van der Waals surface area contributed by atoms with Gasteiger partial charge in [-0.25, -0.2) is 4.79 Å². The second-order valence-corrected chi connectivity index (χ2v) is 6.46. The fourth-order valence-corrected chi connectivity index (χ4v) is 3.08. The Bertz CT molecular complexity index is 1050. The fourth-order valence-electron chi connectivity index (χ4n) is 2.86. The molecule has 5 nitrogen and oxygen atoms in total. The van der Waals surface area contributed by atoms with Crippen LogP contribution in [0.25, 0.3) is 11.0 Å². The zero-order valence-electron chi connectivity index (χ0n) is 14.3. The Morgan fingerprint density at radius 1 is 1.19 bits per heavy atom. The minimum atomic E-state index is -1.32. The monoisotopic (exact) mass is 371 g/mol. The van der Waals surface area contributed by atoms with Gasteiger partial charge in [0.25, 0.3) is 0 Å². The predicted octanol–water partition coefficient (Wildman–Crippen LogP) is 2.93. The lowest BCUT2D eigenvalue weighted by Crippen LogP contribution is -2.27. The van der Waals surface area contributed by atoms with Crippen molar-refractivity contribution in [2.75, 3.05) is 0 Å². The number of carboxylic acid groups (broad SMARTS) is 1. The van der Waals surface area contributed by atoms with Crippen LogP contribution in [0.2, 0.25) is 5.02 Å². The Kier molecular flexibility index (Phi) is 5.00. The van der Waals surface area contributed by atoms with Gasteiger partial charge in [-0.1, -0.05) is 23.7 Å². The molecule has 3 rings (SSSR count). The average molecular weight is 372 g/mol. The van der Waals surface area contributed by atoms with Crippen molar-refractivity contribution < 1.29 is 19.1 Å². The lowest BCUT2D eigenvalue weighted by Gasteiger charge is -2.13. The van der Waals surface area contributed by atoms with Gasteiger partial charge in [0.1, 0.15) is 17.9 Å². The highest BCUT2D eigenvalue weighted by molar-refractivity contribution is 6.30. The van der Waals surface area contributed by atoms with Crippen LogP contribution in [-0.4, -0.2) is 5.97 Å². The smallest absolute Gasteiger partial charge is 0.340 e. The molecule has 0 radical (unpaired) electrons. The third-order valence-corrected chi connectivity index (χ3v) is 4.49. The molecule has 26 heavy (non-hydrogen) atoms. The number of aryl methyl sites for hydroxylation is 2. The molecule has 0 unspecified atom stereocenters. The van der Waals surface area contributed by atoms with Gasteiger partial charge in [0.2, 0.25) is 0 Å². The highest BCUT2D eigenvalue weighted by atomic mass is 35.5. The number of carboxylic acids is 1. The SMILES string of the molecule is Cc1c(CC(=O)[O-])c(=O)oc2c(C)c(OCc3cccc(Cl)c3)ccc12. The van der Waals surface area contributed by atoms with Gasteiger partial charge in [0, 0.05) is 33.9 Å². The van der Waals surface area contributed by atoms with E-state index in [0.29, 0.717) is 39.5 Å². The summed E-state index contributed by atoms with van der Waals surface area (Å²) in [5.41, 5.74) is 1.98. The number of hydrogen-bond donors (Lipinski definition) is 0. The molecule has 0 aliphatic heterocycles. The van der Waals surface area contributed by atoms with E-state index in [0.717, 1.165) is 5.56 Å². The van der Waals surface area contributed by atoms with Crippen molar-refractivity contribution in [3.63, 3.8) is 0 Å². The van der Waals surface area contributed by atoms with E-state index in [1.807, 2.05) is 18.2 Å². The van der Waals surface area contributed by atoms with E-state index in [1.54, 1.807) is 32.0 Å². The lowest BCUT2D eigenvalue weighted by atomic mass is 10.0. The van der Waals surface area contributed by atoms with E-state index in [-0.39, 0.29) is 5.56 Å². The fraction of sp³-hybridized carbons (Fsp3) is 0.200. The first-order valence-corrected chi connectivity index (χ1v) is 8.37. The Morgan fingerprint density at radius 3 is 2.65 bits per heavy atom. The van der Waals surface area contributed by atoms with Gasteiger partial charge in [-0.2, -0.15) is 0 Å². The second-order valence-electron chi connectivity index (χ2n) is 6.03. The van der Waals surface area contributed by atoms with Crippen molar-refractivity contribution in [1.82, 2.24) is 0 Å². The first-order valence-electron chi connectivity index (χ1n) is 8.00. The maximum absolute atomic E-state index is 12.2. The molecule has 0 fully saturated rings. The van der Waals surface area contributed by atoms with Crippen LogP contribution in [-0.2, 0) is 17.8 Å². The van der Waals surface area contributed by atoms with E-state index in [9.17, 15) is 14.7 Å². The Balaban J connectivity index is 1.98. The molecule has 0 amide bonds. The molecule has 0 aliphatic rings. The van der Waals surface area contributed by atoms with Crippen LogP contribution in [0.1, 0.15) is 22.3 Å². The predicted molar refractivity (Wildman–Crippen MR) is 96.5 cm³/mol. The number of fused-ring (bicyclic) bond motifs is 1. The molecule has 0 N–H and O–H groups in total. The van der Waals surface area contributed by atoms with Crippen LogP contribution in [0.5, 0.6) is 5.75 Å². The summed E-state index contributed by atoms with van der Waals surface area (Å²) in [4.78, 5) is 23.0. The van der Waals surface area contributed by atoms with Gasteiger partial charge in [0.15, 0.2) is 0 Å². The topological polar surface area (TPSA) is 79.6 Å². The van der Waals surface area contributed by atoms with Gasteiger partial charge >= 0.3 is 5.63 Å². The molecule has 0 saturated carbocycles. The third-order valence-electron chi connectivity index (χ3n) is 4.26. The van der Waals surface area contributed by atoms with Crippen LogP contribution >= 0.6 is 11.6 Å². The summed E-state index contributed by atoms with van der Waals surface area (Å²) in [7, 11) is 0. The number of halogens is 1. The number of aliphatic carboxylic acids is 1. The van der Waals surface area contributed by atoms with E-state index >= 15 is 0 Å². The molecule has 2 aromatic carbocycles. The molecule has 0 bridgehead atoms. The summed E-state index contributed by atoms with van der Waals surface area (Å²) in [5.74, 6) is -0.745. The quantitative estimate of drug-likeness (QED) is 0.644. The Morgan fingerprint density at radius 2 is 1.96 bits per heavy atom. The van der Waals surface area contributed by atoms with Crippen LogP contribution in [0.15, 0.2) is 45.6 Å². The summed E-state index contributed by atoms with van der Waals surface area (Å²) in [6, 6.07) is 10.9. The summed E-state index contributed by atoms with van der Waals surface area (Å²) in [6.45, 7) is 3.80. The minimum absolute atomic E-state index is 0.101. The zero-order valence-corrected chi connectivity index (χ0v) is 15.1. The van der Waals surface area contributed by atoms with Gasteiger partial charge in [-0.15, -0.1) is 0 Å². The standard InChI is InChI=1S/C20H17ClO5/c1-11-15-6-7-17(25-10-13-4-3-5-14(21)8-13)12(2)19(15)26-20(24)16(11)9-18(22)23/h3-8H,9-10H2,1-2H3,(H,22,23)/p-1. The van der Waals surface area contributed by atoms with E-state index in [1.165, 1.54) is 0 Å². The van der Waals surface area contributed by atoms with Crippen LogP contribution < -0.4 is 15.5 Å². The van der Waals surface area contributed by atoms with Crippen molar-refractivity contribution in [3.05, 3.63) is 74.1 Å². The first kappa shape index (κ1) is 18.0. The molecule has 0 saturated heterocycles. The maximum Gasteiger partial charge on any atom is 0.340 e. The van der Waals surface area contributed by atoms with Crippen molar-refractivity contribution in [3.8, 4) is 5.75 Å². The number of carbonyl (C=O) groups excluding carboxylic acids is 1. The highest BCUT2D eigenvalue weighted by Gasteiger charge is 2.15. The van der Waals surface area contributed by atoms with E-state index in [2.05, 4.69) is 0 Å². The van der Waals surface area contributed by atoms with E-state index < -0.39 is 18.0 Å². The molecule has 6 heteroatoms. The Labute approximate surface area is 154 Å². The van der Waals surface area contributed by atoms with E-state index in [4.69, 9.17) is 20.8 Å². The first-order chi connectivity index (χ1) is 12.4. The molecule has 0 aliphatic carbocycles. The third kappa shape index (κ3) is 3.58. The molecule has 3 aromatic rings. The second kappa shape index (κ2) is 7.22. The van der Waals surface area contributed by atoms with Crippen molar-refractivity contribution in [1.29, 1.82) is 0 Å². The van der Waals surface area contributed by atoms with Crippen molar-refractivity contribution in [2.24, 2.45) is 0 Å². The number of benzene rings is 2. The number of ether oxygens (including phenoxy) is 1. The van der Waals surface area contributed by atoms with Gasteiger partial charge in [-0.3, -0.25) is 0 Å². The van der Waals surface area contributed by atoms with Crippen LogP contribution in [0, 0.1) is 13.8 Å². The normalized spacial score (nSPS) is 10.9. The molecular weight excluding hydrogens is 356 g/mol. The summed E-state index contributed by atoms with van der Waals surface area (Å²) < 4.78 is 11.2. The lowest BCUT2D eigenvalue weighted by molar-refractivity contribution is -0.304. The molecule has 0 spiro atoms. The largest absolute Gasteiger partial charge is 0.550 e. The molecule has 1 heterocycles. The van der Waals surface area contributed by atoms with Crippen molar-refractivity contribution >= 4 is 28.5 Å². The van der Waals surface area contributed by atoms with Gasteiger partial charge < -0.3 is 19.1 Å². The average Bonchev–Trinajstić information content (AvgIpc) is 2.58. The number of carbonyl (C=O) groups is 1. The number of rotatable bonds is 5. The van der Waals surface area contributed by atoms with Crippen LogP contribution in [0.3, 0.4) is 0 Å². The highest BCUT2D eigenvalue weighted by Crippen LogP contribution is 2.30.